The highest BCUT2D eigenvalue weighted by atomic mass is 35.5. The number of hydrogen-bond acceptors (Lipinski definition) is 0. The molecule has 3 aromatic carbocycles. The summed E-state index contributed by atoms with van der Waals surface area (Å²) in [6.07, 6.45) is 0. The van der Waals surface area contributed by atoms with Gasteiger partial charge in [-0.2, -0.15) is 0 Å². The van der Waals surface area contributed by atoms with E-state index in [-0.39, 0.29) is 5.82 Å². The van der Waals surface area contributed by atoms with Crippen LogP contribution in [0.4, 0.5) is 4.39 Å². The van der Waals surface area contributed by atoms with Crippen molar-refractivity contribution in [1.29, 1.82) is 0 Å². The van der Waals surface area contributed by atoms with Crippen molar-refractivity contribution in [3.63, 3.8) is 0 Å². The summed E-state index contributed by atoms with van der Waals surface area (Å²) in [4.78, 5) is 3.46. The predicted octanol–water partition coefficient (Wildman–Crippen LogP) is 6.29. The van der Waals surface area contributed by atoms with E-state index in [4.69, 9.17) is 11.6 Å². The number of benzene rings is 3. The van der Waals surface area contributed by atoms with Gasteiger partial charge in [-0.3, -0.25) is 0 Å². The standard InChI is InChI=1S/C20H13ClFN/c21-15-9-5-13(6-10-15)19-17-3-1-2-4-18(17)23-20(19)14-7-11-16(22)12-8-14/h1-12,23H. The van der Waals surface area contributed by atoms with E-state index < -0.39 is 0 Å². The van der Waals surface area contributed by atoms with Crippen molar-refractivity contribution in [3.8, 4) is 22.4 Å². The van der Waals surface area contributed by atoms with Crippen LogP contribution in [0.5, 0.6) is 0 Å². The lowest BCUT2D eigenvalue weighted by Gasteiger charge is -2.06. The van der Waals surface area contributed by atoms with Crippen LogP contribution in [0.2, 0.25) is 5.02 Å². The van der Waals surface area contributed by atoms with Gasteiger partial charge in [0.2, 0.25) is 0 Å². The Kier molecular flexibility index (Phi) is 3.40. The van der Waals surface area contributed by atoms with Crippen LogP contribution in [0.25, 0.3) is 33.3 Å². The second-order valence-corrected chi connectivity index (χ2v) is 5.87. The molecule has 0 amide bonds. The van der Waals surface area contributed by atoms with Crippen LogP contribution in [0.3, 0.4) is 0 Å². The van der Waals surface area contributed by atoms with Gasteiger partial charge < -0.3 is 4.98 Å². The van der Waals surface area contributed by atoms with E-state index in [1.165, 1.54) is 12.1 Å². The fraction of sp³-hybridized carbons (Fsp3) is 0. The summed E-state index contributed by atoms with van der Waals surface area (Å²) in [6, 6.07) is 22.5. The minimum Gasteiger partial charge on any atom is -0.354 e. The molecule has 1 nitrogen and oxygen atoms in total. The van der Waals surface area contributed by atoms with Crippen molar-refractivity contribution < 1.29 is 4.39 Å². The Morgan fingerprint density at radius 2 is 1.39 bits per heavy atom. The molecule has 0 spiro atoms. The van der Waals surface area contributed by atoms with E-state index in [9.17, 15) is 4.39 Å². The number of fused-ring (bicyclic) bond motifs is 1. The van der Waals surface area contributed by atoms with Gasteiger partial charge in [-0.15, -0.1) is 0 Å². The molecule has 1 N–H and O–H groups in total. The summed E-state index contributed by atoms with van der Waals surface area (Å²) in [7, 11) is 0. The minimum absolute atomic E-state index is 0.238. The van der Waals surface area contributed by atoms with E-state index >= 15 is 0 Å². The van der Waals surface area contributed by atoms with Gasteiger partial charge in [0.25, 0.3) is 0 Å². The molecule has 0 saturated carbocycles. The maximum Gasteiger partial charge on any atom is 0.123 e. The Morgan fingerprint density at radius 3 is 2.13 bits per heavy atom. The topological polar surface area (TPSA) is 15.8 Å². The molecule has 1 aromatic heterocycles. The minimum atomic E-state index is -0.238. The van der Waals surface area contributed by atoms with Crippen LogP contribution in [0.15, 0.2) is 72.8 Å². The molecule has 0 aliphatic carbocycles. The maximum absolute atomic E-state index is 13.2. The van der Waals surface area contributed by atoms with Gasteiger partial charge in [-0.1, -0.05) is 41.9 Å². The summed E-state index contributed by atoms with van der Waals surface area (Å²) in [5.74, 6) is -0.238. The van der Waals surface area contributed by atoms with Crippen LogP contribution in [-0.4, -0.2) is 4.98 Å². The summed E-state index contributed by atoms with van der Waals surface area (Å²) in [5.41, 5.74) is 5.16. The van der Waals surface area contributed by atoms with Crippen LogP contribution in [-0.2, 0) is 0 Å². The van der Waals surface area contributed by atoms with Crippen LogP contribution in [0.1, 0.15) is 0 Å². The maximum atomic E-state index is 13.2. The zero-order chi connectivity index (χ0) is 15.8. The van der Waals surface area contributed by atoms with Crippen molar-refractivity contribution in [2.75, 3.05) is 0 Å². The van der Waals surface area contributed by atoms with Crippen molar-refractivity contribution >= 4 is 22.5 Å². The van der Waals surface area contributed by atoms with Gasteiger partial charge in [-0.05, 0) is 53.6 Å². The smallest absolute Gasteiger partial charge is 0.123 e. The molecule has 23 heavy (non-hydrogen) atoms. The van der Waals surface area contributed by atoms with E-state index in [1.807, 2.05) is 42.5 Å². The Bertz CT molecular complexity index is 969. The SMILES string of the molecule is Fc1ccc(-c2[nH]c3ccccc3c2-c2ccc(Cl)cc2)cc1. The molecular weight excluding hydrogens is 309 g/mol. The zero-order valence-corrected chi connectivity index (χ0v) is 12.9. The molecule has 1 heterocycles. The lowest BCUT2D eigenvalue weighted by molar-refractivity contribution is 0.628. The van der Waals surface area contributed by atoms with E-state index in [1.54, 1.807) is 12.1 Å². The van der Waals surface area contributed by atoms with Crippen molar-refractivity contribution in [3.05, 3.63) is 83.6 Å². The number of nitrogens with one attached hydrogen (secondary N) is 1. The van der Waals surface area contributed by atoms with Crippen molar-refractivity contribution in [1.82, 2.24) is 4.98 Å². The highest BCUT2D eigenvalue weighted by molar-refractivity contribution is 6.30. The number of rotatable bonds is 2. The zero-order valence-electron chi connectivity index (χ0n) is 12.2. The molecule has 112 valence electrons. The first-order chi connectivity index (χ1) is 11.2. The molecule has 0 radical (unpaired) electrons. The van der Waals surface area contributed by atoms with Gasteiger partial charge in [0.1, 0.15) is 5.82 Å². The third-order valence-electron chi connectivity index (χ3n) is 3.97. The Labute approximate surface area is 138 Å². The van der Waals surface area contributed by atoms with Gasteiger partial charge >= 0.3 is 0 Å². The first-order valence-corrected chi connectivity index (χ1v) is 7.73. The number of para-hydroxylation sites is 1. The number of aromatic amines is 1. The third kappa shape index (κ3) is 2.51. The summed E-state index contributed by atoms with van der Waals surface area (Å²) in [6.45, 7) is 0. The number of aromatic nitrogens is 1. The van der Waals surface area contributed by atoms with Crippen LogP contribution >= 0.6 is 11.6 Å². The fourth-order valence-electron chi connectivity index (χ4n) is 2.89. The summed E-state index contributed by atoms with van der Waals surface area (Å²) >= 11 is 6.02. The molecule has 0 saturated heterocycles. The molecule has 4 rings (SSSR count). The number of H-pyrrole nitrogens is 1. The number of halogens is 2. The normalized spacial score (nSPS) is 11.0. The largest absolute Gasteiger partial charge is 0.354 e. The second kappa shape index (κ2) is 5.56. The first-order valence-electron chi connectivity index (χ1n) is 7.35. The quantitative estimate of drug-likeness (QED) is 0.446. The first kappa shape index (κ1) is 14.0. The van der Waals surface area contributed by atoms with Gasteiger partial charge in [0.15, 0.2) is 0 Å². The molecule has 0 aliphatic rings. The Morgan fingerprint density at radius 1 is 0.739 bits per heavy atom. The summed E-state index contributed by atoms with van der Waals surface area (Å²) < 4.78 is 13.2. The van der Waals surface area contributed by atoms with E-state index in [2.05, 4.69) is 11.1 Å². The predicted molar refractivity (Wildman–Crippen MR) is 94.1 cm³/mol. The van der Waals surface area contributed by atoms with Crippen molar-refractivity contribution in [2.24, 2.45) is 0 Å². The molecule has 0 fully saturated rings. The van der Waals surface area contributed by atoms with E-state index in [0.29, 0.717) is 5.02 Å². The third-order valence-corrected chi connectivity index (χ3v) is 4.22. The molecule has 3 heteroatoms. The molecular formula is C20H13ClFN. The Balaban J connectivity index is 2.01. The molecule has 0 unspecified atom stereocenters. The van der Waals surface area contributed by atoms with Crippen LogP contribution < -0.4 is 0 Å². The Hall–Kier alpha value is -2.58. The monoisotopic (exact) mass is 321 g/mol. The molecule has 4 aromatic rings. The van der Waals surface area contributed by atoms with Gasteiger partial charge in [-0.25, -0.2) is 4.39 Å². The second-order valence-electron chi connectivity index (χ2n) is 5.43. The lowest BCUT2D eigenvalue weighted by Crippen LogP contribution is -1.83. The highest BCUT2D eigenvalue weighted by Crippen LogP contribution is 2.38. The number of hydrogen-bond donors (Lipinski definition) is 1. The summed E-state index contributed by atoms with van der Waals surface area (Å²) in [5, 5.41) is 1.84. The van der Waals surface area contributed by atoms with Crippen molar-refractivity contribution in [2.45, 2.75) is 0 Å². The van der Waals surface area contributed by atoms with Gasteiger partial charge in [0, 0.05) is 21.5 Å². The fourth-order valence-corrected chi connectivity index (χ4v) is 3.02. The van der Waals surface area contributed by atoms with Crippen LogP contribution in [0, 0.1) is 5.82 Å². The average Bonchev–Trinajstić information content (AvgIpc) is 2.96. The van der Waals surface area contributed by atoms with E-state index in [0.717, 1.165) is 33.3 Å². The van der Waals surface area contributed by atoms with Gasteiger partial charge in [0.05, 0.1) is 5.69 Å². The molecule has 0 bridgehead atoms. The highest BCUT2D eigenvalue weighted by Gasteiger charge is 2.14. The molecule has 0 aliphatic heterocycles. The average molecular weight is 322 g/mol. The lowest BCUT2D eigenvalue weighted by atomic mass is 9.98. The molecule has 0 atom stereocenters.